The number of carbonyl (C=O) groups is 1. The maximum absolute atomic E-state index is 11.8. The van der Waals surface area contributed by atoms with Gasteiger partial charge in [-0.15, -0.1) is 11.3 Å². The molecule has 0 unspecified atom stereocenters. The van der Waals surface area contributed by atoms with E-state index in [4.69, 9.17) is 17.4 Å². The molecule has 6 nitrogen and oxygen atoms in total. The lowest BCUT2D eigenvalue weighted by Crippen LogP contribution is -2.22. The molecular formula is C10H10ClN5OS. The van der Waals surface area contributed by atoms with Gasteiger partial charge in [-0.05, 0) is 6.07 Å². The van der Waals surface area contributed by atoms with Gasteiger partial charge in [-0.3, -0.25) is 9.78 Å². The molecule has 2 heterocycles. The Labute approximate surface area is 112 Å². The van der Waals surface area contributed by atoms with Crippen LogP contribution in [0.25, 0.3) is 0 Å². The van der Waals surface area contributed by atoms with Gasteiger partial charge in [0.15, 0.2) is 5.82 Å². The zero-order chi connectivity index (χ0) is 13.0. The van der Waals surface area contributed by atoms with Crippen LogP contribution in [0.3, 0.4) is 0 Å². The number of thiazole rings is 1. The minimum atomic E-state index is -0.249. The number of nitrogens with zero attached hydrogens (tertiary/aromatic N) is 2. The van der Waals surface area contributed by atoms with Gasteiger partial charge in [0.05, 0.1) is 22.6 Å². The van der Waals surface area contributed by atoms with Gasteiger partial charge >= 0.3 is 0 Å². The van der Waals surface area contributed by atoms with Gasteiger partial charge in [0.1, 0.15) is 0 Å². The minimum Gasteiger partial charge on any atom is -0.347 e. The quantitative estimate of drug-likeness (QED) is 0.583. The highest BCUT2D eigenvalue weighted by atomic mass is 35.5. The van der Waals surface area contributed by atoms with Crippen molar-refractivity contribution < 1.29 is 4.79 Å². The molecule has 0 radical (unpaired) electrons. The van der Waals surface area contributed by atoms with Gasteiger partial charge in [0.25, 0.3) is 5.91 Å². The molecule has 2 rings (SSSR count). The molecule has 0 aliphatic carbocycles. The summed E-state index contributed by atoms with van der Waals surface area (Å²) in [7, 11) is 0. The van der Waals surface area contributed by atoms with Crippen LogP contribution in [-0.4, -0.2) is 15.9 Å². The van der Waals surface area contributed by atoms with Crippen molar-refractivity contribution >= 4 is 34.7 Å². The molecule has 8 heteroatoms. The largest absolute Gasteiger partial charge is 0.347 e. The Balaban J connectivity index is 2.02. The fraction of sp³-hybridized carbons (Fsp3) is 0.100. The van der Waals surface area contributed by atoms with Crippen LogP contribution in [0.2, 0.25) is 5.02 Å². The average molecular weight is 284 g/mol. The van der Waals surface area contributed by atoms with Gasteiger partial charge in [0.2, 0.25) is 0 Å². The Bertz CT molecular complexity index is 545. The number of nitrogens with two attached hydrogens (primary N) is 1. The maximum atomic E-state index is 11.8. The van der Waals surface area contributed by atoms with Crippen molar-refractivity contribution in [3.63, 3.8) is 0 Å². The van der Waals surface area contributed by atoms with E-state index in [9.17, 15) is 4.79 Å². The van der Waals surface area contributed by atoms with Crippen LogP contribution in [0.4, 0.5) is 5.82 Å². The van der Waals surface area contributed by atoms with Crippen molar-refractivity contribution in [3.05, 3.63) is 39.4 Å². The molecule has 0 saturated carbocycles. The second-order valence-corrected chi connectivity index (χ2v) is 4.73. The second kappa shape index (κ2) is 5.76. The van der Waals surface area contributed by atoms with Crippen LogP contribution in [-0.2, 0) is 6.54 Å². The first-order valence-electron chi connectivity index (χ1n) is 4.98. The molecular weight excluding hydrogens is 274 g/mol. The summed E-state index contributed by atoms with van der Waals surface area (Å²) in [6, 6.07) is 1.51. The fourth-order valence-electron chi connectivity index (χ4n) is 1.27. The van der Waals surface area contributed by atoms with Crippen LogP contribution in [0, 0.1) is 0 Å². The van der Waals surface area contributed by atoms with Crippen molar-refractivity contribution in [2.45, 2.75) is 6.54 Å². The number of hydrogen-bond donors (Lipinski definition) is 3. The third kappa shape index (κ3) is 2.95. The van der Waals surface area contributed by atoms with Gasteiger partial charge in [0, 0.05) is 17.3 Å². The van der Waals surface area contributed by atoms with Crippen molar-refractivity contribution in [1.82, 2.24) is 15.3 Å². The normalized spacial score (nSPS) is 10.1. The number of aromatic nitrogens is 2. The molecule has 18 heavy (non-hydrogen) atoms. The summed E-state index contributed by atoms with van der Waals surface area (Å²) in [6.45, 7) is 0.429. The Morgan fingerprint density at radius 2 is 2.33 bits per heavy atom. The van der Waals surface area contributed by atoms with E-state index in [2.05, 4.69) is 20.7 Å². The van der Waals surface area contributed by atoms with E-state index in [1.165, 1.54) is 23.6 Å². The molecule has 0 aromatic carbocycles. The van der Waals surface area contributed by atoms with E-state index < -0.39 is 0 Å². The number of nitrogens with one attached hydrogen (secondary N) is 2. The van der Waals surface area contributed by atoms with Crippen LogP contribution >= 0.6 is 22.9 Å². The lowest BCUT2D eigenvalue weighted by molar-refractivity contribution is 0.0951. The number of hydrogen-bond acceptors (Lipinski definition) is 6. The lowest BCUT2D eigenvalue weighted by atomic mass is 10.2. The van der Waals surface area contributed by atoms with Crippen molar-refractivity contribution in [3.8, 4) is 0 Å². The summed E-state index contributed by atoms with van der Waals surface area (Å²) >= 11 is 7.36. The minimum absolute atomic E-state index is 0.249. The third-order valence-corrected chi connectivity index (χ3v) is 3.21. The summed E-state index contributed by atoms with van der Waals surface area (Å²) in [5.74, 6) is 5.28. The zero-order valence-electron chi connectivity index (χ0n) is 9.18. The number of pyridine rings is 1. The maximum Gasteiger partial charge on any atom is 0.253 e. The monoisotopic (exact) mass is 283 g/mol. The highest BCUT2D eigenvalue weighted by Gasteiger charge is 2.09. The number of nitrogen functional groups attached to an aromatic ring is 1. The molecule has 0 aliphatic heterocycles. The molecule has 0 saturated heterocycles. The Morgan fingerprint density at radius 3 is 2.94 bits per heavy atom. The topological polar surface area (TPSA) is 92.9 Å². The van der Waals surface area contributed by atoms with E-state index in [0.717, 1.165) is 4.88 Å². The second-order valence-electron chi connectivity index (χ2n) is 3.35. The molecule has 2 aromatic rings. The summed E-state index contributed by atoms with van der Waals surface area (Å²) in [6.07, 6.45) is 3.11. The molecule has 0 fully saturated rings. The first-order valence-corrected chi connectivity index (χ1v) is 6.24. The molecule has 4 N–H and O–H groups in total. The fourth-order valence-corrected chi connectivity index (χ4v) is 2.02. The zero-order valence-corrected chi connectivity index (χ0v) is 10.8. The molecule has 0 aliphatic rings. The van der Waals surface area contributed by atoms with Gasteiger partial charge in [-0.25, -0.2) is 10.8 Å². The number of rotatable bonds is 4. The predicted molar refractivity (Wildman–Crippen MR) is 70.3 cm³/mol. The van der Waals surface area contributed by atoms with Gasteiger partial charge < -0.3 is 10.7 Å². The van der Waals surface area contributed by atoms with E-state index in [1.54, 1.807) is 11.7 Å². The van der Waals surface area contributed by atoms with Crippen LogP contribution < -0.4 is 16.6 Å². The molecule has 0 spiro atoms. The summed E-state index contributed by atoms with van der Waals surface area (Å²) in [5.41, 5.74) is 4.42. The Hall–Kier alpha value is -1.70. The van der Waals surface area contributed by atoms with Crippen LogP contribution in [0.1, 0.15) is 15.2 Å². The number of amides is 1. The lowest BCUT2D eigenvalue weighted by Gasteiger charge is -2.06. The summed E-state index contributed by atoms with van der Waals surface area (Å²) in [5, 5.41) is 3.04. The van der Waals surface area contributed by atoms with Crippen molar-refractivity contribution in [1.29, 1.82) is 0 Å². The summed E-state index contributed by atoms with van der Waals surface area (Å²) < 4.78 is 0. The Kier molecular flexibility index (Phi) is 4.08. The van der Waals surface area contributed by atoms with Crippen molar-refractivity contribution in [2.75, 3.05) is 5.43 Å². The average Bonchev–Trinajstić information content (AvgIpc) is 2.89. The highest BCUT2D eigenvalue weighted by molar-refractivity contribution is 7.09. The van der Waals surface area contributed by atoms with Gasteiger partial charge in [-0.1, -0.05) is 11.6 Å². The van der Waals surface area contributed by atoms with E-state index in [0.29, 0.717) is 22.9 Å². The molecule has 2 aromatic heterocycles. The predicted octanol–water partition coefficient (Wildman–Crippen LogP) is 1.41. The highest BCUT2D eigenvalue weighted by Crippen LogP contribution is 2.18. The third-order valence-electron chi connectivity index (χ3n) is 2.15. The standard InChI is InChI=1S/C10H10ClN5OS/c11-8-1-6(2-14-9(8)16-12)10(17)15-4-7-3-13-5-18-7/h1-3,5H,4,12H2,(H,14,16)(H,15,17). The SMILES string of the molecule is NNc1ncc(C(=O)NCc2cncs2)cc1Cl. The Morgan fingerprint density at radius 1 is 1.50 bits per heavy atom. The molecule has 94 valence electrons. The van der Waals surface area contributed by atoms with E-state index in [-0.39, 0.29) is 5.91 Å². The number of carbonyl (C=O) groups excluding carboxylic acids is 1. The molecule has 0 bridgehead atoms. The summed E-state index contributed by atoms with van der Waals surface area (Å²) in [4.78, 5) is 20.6. The number of anilines is 1. The number of halogens is 1. The van der Waals surface area contributed by atoms with Gasteiger partial charge in [-0.2, -0.15) is 0 Å². The van der Waals surface area contributed by atoms with Crippen LogP contribution in [0.5, 0.6) is 0 Å². The van der Waals surface area contributed by atoms with Crippen molar-refractivity contribution in [2.24, 2.45) is 5.84 Å². The molecule has 0 atom stereocenters. The first-order chi connectivity index (χ1) is 8.70. The number of hydrazine groups is 1. The first kappa shape index (κ1) is 12.7. The van der Waals surface area contributed by atoms with Crippen LogP contribution in [0.15, 0.2) is 24.0 Å². The molecule has 1 amide bonds. The van der Waals surface area contributed by atoms with E-state index >= 15 is 0 Å². The van der Waals surface area contributed by atoms with E-state index in [1.807, 2.05) is 0 Å². The smallest absolute Gasteiger partial charge is 0.253 e.